The fourth-order valence-electron chi connectivity index (χ4n) is 4.23. The van der Waals surface area contributed by atoms with Crippen LogP contribution in [0.3, 0.4) is 0 Å². The second-order valence-electron chi connectivity index (χ2n) is 8.66. The van der Waals surface area contributed by atoms with Gasteiger partial charge in [-0.25, -0.2) is 0 Å². The molecule has 4 rings (SSSR count). The molecule has 2 heterocycles. The van der Waals surface area contributed by atoms with Gasteiger partial charge in [-0.15, -0.1) is 0 Å². The smallest absolute Gasteiger partial charge is 0.231 e. The first kappa shape index (κ1) is 21.9. The van der Waals surface area contributed by atoms with E-state index in [0.717, 1.165) is 46.7 Å². The number of hydrogen-bond acceptors (Lipinski definition) is 3. The predicted molar refractivity (Wildman–Crippen MR) is 126 cm³/mol. The first-order chi connectivity index (χ1) is 15.5. The van der Waals surface area contributed by atoms with Crippen molar-refractivity contribution in [3.8, 4) is 11.3 Å². The molecule has 0 saturated heterocycles. The van der Waals surface area contributed by atoms with Gasteiger partial charge in [0.2, 0.25) is 11.8 Å². The standard InChI is InChI=1S/C27H30N2O3/c1-4-23(19-8-6-5-7-9-19)26(30)28-22-12-10-20(11-13-22)25-16-21-17-29(27(31)18(2)3)15-14-24(21)32-25/h5-13,16,18,23H,4,14-15,17H2,1-3H3,(H,28,30). The van der Waals surface area contributed by atoms with Crippen LogP contribution in [-0.4, -0.2) is 23.3 Å². The summed E-state index contributed by atoms with van der Waals surface area (Å²) < 4.78 is 6.09. The molecule has 0 radical (unpaired) electrons. The van der Waals surface area contributed by atoms with Gasteiger partial charge in [0.25, 0.3) is 0 Å². The van der Waals surface area contributed by atoms with Gasteiger partial charge in [-0.3, -0.25) is 9.59 Å². The number of carbonyl (C=O) groups is 2. The molecular formula is C27H30N2O3. The summed E-state index contributed by atoms with van der Waals surface area (Å²) in [6, 6.07) is 19.6. The molecule has 1 aliphatic rings. The van der Waals surface area contributed by atoms with Crippen molar-refractivity contribution < 1.29 is 14.0 Å². The molecule has 0 bridgehead atoms. The van der Waals surface area contributed by atoms with Crippen molar-refractivity contribution in [1.82, 2.24) is 4.90 Å². The SMILES string of the molecule is CCC(C(=O)Nc1ccc(-c2cc3c(o2)CCN(C(=O)C(C)C)C3)cc1)c1ccccc1. The maximum atomic E-state index is 12.8. The molecule has 2 aromatic carbocycles. The van der Waals surface area contributed by atoms with Gasteiger partial charge in [0.1, 0.15) is 11.5 Å². The van der Waals surface area contributed by atoms with Crippen LogP contribution in [0.15, 0.2) is 65.1 Å². The minimum Gasteiger partial charge on any atom is -0.461 e. The topological polar surface area (TPSA) is 62.6 Å². The van der Waals surface area contributed by atoms with Crippen molar-refractivity contribution in [2.24, 2.45) is 5.92 Å². The van der Waals surface area contributed by atoms with E-state index in [9.17, 15) is 9.59 Å². The summed E-state index contributed by atoms with van der Waals surface area (Å²) in [6.45, 7) is 7.18. The minimum atomic E-state index is -0.177. The molecule has 0 aliphatic carbocycles. The van der Waals surface area contributed by atoms with Gasteiger partial charge in [-0.05, 0) is 42.3 Å². The summed E-state index contributed by atoms with van der Waals surface area (Å²) in [6.07, 6.45) is 1.47. The monoisotopic (exact) mass is 430 g/mol. The lowest BCUT2D eigenvalue weighted by atomic mass is 9.95. The molecule has 5 heteroatoms. The van der Waals surface area contributed by atoms with E-state index in [-0.39, 0.29) is 23.7 Å². The Labute approximate surface area is 189 Å². The van der Waals surface area contributed by atoms with Crippen LogP contribution >= 0.6 is 0 Å². The summed E-state index contributed by atoms with van der Waals surface area (Å²) in [5.74, 6) is 1.75. The molecule has 1 aliphatic heterocycles. The van der Waals surface area contributed by atoms with Gasteiger partial charge in [0.15, 0.2) is 0 Å². The Hall–Kier alpha value is -3.34. The van der Waals surface area contributed by atoms with E-state index in [1.807, 2.05) is 86.3 Å². The number of fused-ring (bicyclic) bond motifs is 1. The van der Waals surface area contributed by atoms with Crippen molar-refractivity contribution in [2.75, 3.05) is 11.9 Å². The predicted octanol–water partition coefficient (Wildman–Crippen LogP) is 5.62. The van der Waals surface area contributed by atoms with E-state index in [4.69, 9.17) is 4.42 Å². The van der Waals surface area contributed by atoms with Gasteiger partial charge in [0.05, 0.1) is 5.92 Å². The molecule has 0 fully saturated rings. The van der Waals surface area contributed by atoms with Crippen LogP contribution in [0.4, 0.5) is 5.69 Å². The van der Waals surface area contributed by atoms with Gasteiger partial charge in [-0.2, -0.15) is 0 Å². The summed E-state index contributed by atoms with van der Waals surface area (Å²) in [7, 11) is 0. The van der Waals surface area contributed by atoms with Gasteiger partial charge >= 0.3 is 0 Å². The van der Waals surface area contributed by atoms with Crippen LogP contribution in [0.5, 0.6) is 0 Å². The molecule has 32 heavy (non-hydrogen) atoms. The lowest BCUT2D eigenvalue weighted by Crippen LogP contribution is -2.37. The highest BCUT2D eigenvalue weighted by Crippen LogP contribution is 2.31. The van der Waals surface area contributed by atoms with E-state index in [2.05, 4.69) is 5.32 Å². The Morgan fingerprint density at radius 1 is 1.06 bits per heavy atom. The molecule has 1 unspecified atom stereocenters. The Bertz CT molecular complexity index is 1080. The number of nitrogens with one attached hydrogen (secondary N) is 1. The lowest BCUT2D eigenvalue weighted by Gasteiger charge is -2.27. The fourth-order valence-corrected chi connectivity index (χ4v) is 4.23. The zero-order valence-electron chi connectivity index (χ0n) is 18.9. The second-order valence-corrected chi connectivity index (χ2v) is 8.66. The zero-order valence-corrected chi connectivity index (χ0v) is 18.9. The van der Waals surface area contributed by atoms with E-state index >= 15 is 0 Å². The van der Waals surface area contributed by atoms with Crippen LogP contribution < -0.4 is 5.32 Å². The molecule has 2 amide bonds. The average Bonchev–Trinajstić information content (AvgIpc) is 3.23. The summed E-state index contributed by atoms with van der Waals surface area (Å²) in [5, 5.41) is 3.03. The number of carbonyl (C=O) groups excluding carboxylic acids is 2. The molecule has 5 nitrogen and oxygen atoms in total. The Morgan fingerprint density at radius 2 is 1.78 bits per heavy atom. The normalized spacial score (nSPS) is 14.2. The van der Waals surface area contributed by atoms with Crippen LogP contribution in [0.2, 0.25) is 0 Å². The Balaban J connectivity index is 1.45. The Kier molecular flexibility index (Phi) is 6.45. The fraction of sp³-hybridized carbons (Fsp3) is 0.333. The van der Waals surface area contributed by atoms with Gasteiger partial charge < -0.3 is 14.6 Å². The molecule has 0 saturated carbocycles. The number of furan rings is 1. The second kappa shape index (κ2) is 9.43. The van der Waals surface area contributed by atoms with Crippen LogP contribution in [-0.2, 0) is 22.6 Å². The van der Waals surface area contributed by atoms with Crippen molar-refractivity contribution in [2.45, 2.75) is 46.1 Å². The highest BCUT2D eigenvalue weighted by atomic mass is 16.3. The van der Waals surface area contributed by atoms with E-state index in [1.54, 1.807) is 0 Å². The minimum absolute atomic E-state index is 0.000118. The van der Waals surface area contributed by atoms with Crippen molar-refractivity contribution in [1.29, 1.82) is 0 Å². The first-order valence-corrected chi connectivity index (χ1v) is 11.3. The molecular weight excluding hydrogens is 400 g/mol. The average molecular weight is 431 g/mol. The molecule has 1 atom stereocenters. The summed E-state index contributed by atoms with van der Waals surface area (Å²) in [5.41, 5.74) is 3.81. The first-order valence-electron chi connectivity index (χ1n) is 11.3. The van der Waals surface area contributed by atoms with Crippen molar-refractivity contribution in [3.05, 3.63) is 77.6 Å². The highest BCUT2D eigenvalue weighted by Gasteiger charge is 2.25. The largest absolute Gasteiger partial charge is 0.461 e. The maximum absolute atomic E-state index is 12.8. The highest BCUT2D eigenvalue weighted by molar-refractivity contribution is 5.96. The lowest BCUT2D eigenvalue weighted by molar-refractivity contribution is -0.135. The Morgan fingerprint density at radius 3 is 2.44 bits per heavy atom. The number of benzene rings is 2. The quantitative estimate of drug-likeness (QED) is 0.552. The van der Waals surface area contributed by atoms with Crippen LogP contribution in [0, 0.1) is 5.92 Å². The van der Waals surface area contributed by atoms with Crippen molar-refractivity contribution in [3.63, 3.8) is 0 Å². The third-order valence-corrected chi connectivity index (χ3v) is 6.04. The molecule has 0 spiro atoms. The molecule has 1 aromatic heterocycles. The number of anilines is 1. The van der Waals surface area contributed by atoms with E-state index in [1.165, 1.54) is 0 Å². The number of hydrogen-bond donors (Lipinski definition) is 1. The van der Waals surface area contributed by atoms with Crippen LogP contribution in [0.25, 0.3) is 11.3 Å². The molecule has 166 valence electrons. The number of amides is 2. The third kappa shape index (κ3) is 4.62. The van der Waals surface area contributed by atoms with Crippen LogP contribution in [0.1, 0.15) is 50.0 Å². The maximum Gasteiger partial charge on any atom is 0.231 e. The van der Waals surface area contributed by atoms with Gasteiger partial charge in [-0.1, -0.05) is 51.1 Å². The summed E-state index contributed by atoms with van der Waals surface area (Å²) in [4.78, 5) is 27.0. The van der Waals surface area contributed by atoms with Crippen molar-refractivity contribution >= 4 is 17.5 Å². The molecule has 1 N–H and O–H groups in total. The third-order valence-electron chi connectivity index (χ3n) is 6.04. The van der Waals surface area contributed by atoms with E-state index in [0.29, 0.717) is 13.1 Å². The van der Waals surface area contributed by atoms with E-state index < -0.39 is 0 Å². The number of rotatable bonds is 6. The zero-order chi connectivity index (χ0) is 22.7. The number of nitrogens with zero attached hydrogens (tertiary/aromatic N) is 1. The summed E-state index contributed by atoms with van der Waals surface area (Å²) >= 11 is 0. The van der Waals surface area contributed by atoms with Gasteiger partial charge in [0, 0.05) is 42.2 Å². The molecule has 3 aromatic rings.